The van der Waals surface area contributed by atoms with Gasteiger partial charge in [-0.3, -0.25) is 9.69 Å². The van der Waals surface area contributed by atoms with Crippen LogP contribution in [-0.4, -0.2) is 71.3 Å². The maximum Gasteiger partial charge on any atom is 0.239 e. The number of carbonyl (C=O) groups is 1. The third-order valence-corrected chi connectivity index (χ3v) is 4.06. The van der Waals surface area contributed by atoms with Gasteiger partial charge < -0.3 is 14.7 Å². The summed E-state index contributed by atoms with van der Waals surface area (Å²) < 4.78 is 5.66. The smallest absolute Gasteiger partial charge is 0.239 e. The van der Waals surface area contributed by atoms with Crippen LogP contribution in [0.5, 0.6) is 0 Å². The molecule has 0 aromatic heterocycles. The molecule has 5 heteroatoms. The Bertz CT molecular complexity index is 314. The Balaban J connectivity index is 1.94. The monoisotopic (exact) mass is 270 g/mol. The van der Waals surface area contributed by atoms with Gasteiger partial charge in [-0.15, -0.1) is 0 Å². The van der Waals surface area contributed by atoms with E-state index in [0.29, 0.717) is 19.6 Å². The molecule has 0 aliphatic carbocycles. The second-order valence-corrected chi connectivity index (χ2v) is 5.97. The Labute approximate surface area is 115 Å². The second kappa shape index (κ2) is 6.20. The van der Waals surface area contributed by atoms with E-state index in [0.717, 1.165) is 19.4 Å². The first-order valence-corrected chi connectivity index (χ1v) is 7.33. The summed E-state index contributed by atoms with van der Waals surface area (Å²) in [6.07, 6.45) is 1.74. The highest BCUT2D eigenvalue weighted by atomic mass is 16.5. The topological polar surface area (TPSA) is 53.0 Å². The van der Waals surface area contributed by atoms with Gasteiger partial charge in [-0.1, -0.05) is 0 Å². The van der Waals surface area contributed by atoms with E-state index in [-0.39, 0.29) is 30.3 Å². The highest BCUT2D eigenvalue weighted by Gasteiger charge is 2.32. The zero-order valence-electron chi connectivity index (χ0n) is 12.2. The largest absolute Gasteiger partial charge is 0.392 e. The molecule has 0 saturated carbocycles. The van der Waals surface area contributed by atoms with Crippen LogP contribution in [0.2, 0.25) is 0 Å². The van der Waals surface area contributed by atoms with Gasteiger partial charge >= 0.3 is 0 Å². The Morgan fingerprint density at radius 3 is 2.47 bits per heavy atom. The molecule has 19 heavy (non-hydrogen) atoms. The van der Waals surface area contributed by atoms with Crippen LogP contribution in [0.15, 0.2) is 0 Å². The maximum absolute atomic E-state index is 12.5. The summed E-state index contributed by atoms with van der Waals surface area (Å²) in [5.41, 5.74) is 0. The van der Waals surface area contributed by atoms with Crippen LogP contribution in [0.3, 0.4) is 0 Å². The zero-order chi connectivity index (χ0) is 14.0. The molecule has 2 fully saturated rings. The van der Waals surface area contributed by atoms with Gasteiger partial charge in [0.05, 0.1) is 24.4 Å². The molecule has 1 N–H and O–H groups in total. The van der Waals surface area contributed by atoms with E-state index in [1.807, 2.05) is 25.7 Å². The Morgan fingerprint density at radius 2 is 1.89 bits per heavy atom. The molecular formula is C14H26N2O3. The minimum atomic E-state index is -0.286. The first kappa shape index (κ1) is 14.8. The Hall–Kier alpha value is -0.650. The summed E-state index contributed by atoms with van der Waals surface area (Å²) in [6.45, 7) is 8.82. The van der Waals surface area contributed by atoms with E-state index < -0.39 is 0 Å². The molecule has 0 radical (unpaired) electrons. The molecule has 110 valence electrons. The molecule has 5 nitrogen and oxygen atoms in total. The van der Waals surface area contributed by atoms with Gasteiger partial charge in [-0.25, -0.2) is 0 Å². The number of hydrogen-bond acceptors (Lipinski definition) is 4. The molecule has 1 amide bonds. The molecular weight excluding hydrogens is 244 g/mol. The first-order valence-electron chi connectivity index (χ1n) is 7.33. The van der Waals surface area contributed by atoms with Crippen molar-refractivity contribution in [2.45, 2.75) is 58.0 Å². The zero-order valence-corrected chi connectivity index (χ0v) is 12.2. The van der Waals surface area contributed by atoms with Gasteiger partial charge in [0.2, 0.25) is 5.91 Å². The van der Waals surface area contributed by atoms with Crippen molar-refractivity contribution in [3.05, 3.63) is 0 Å². The molecule has 0 spiro atoms. The van der Waals surface area contributed by atoms with E-state index in [4.69, 9.17) is 4.74 Å². The molecule has 0 bridgehead atoms. The number of amides is 1. The number of nitrogens with zero attached hydrogens (tertiary/aromatic N) is 2. The maximum atomic E-state index is 12.5. The van der Waals surface area contributed by atoms with Crippen molar-refractivity contribution in [3.63, 3.8) is 0 Å². The standard InChI is InChI=1S/C14H26N2O3/c1-10-7-16(8-11(2)19-10)14(18)12(3)15-6-4-5-13(17)9-15/h10-13,17H,4-9H2,1-3H3. The van der Waals surface area contributed by atoms with Crippen LogP contribution < -0.4 is 0 Å². The number of β-amino-alcohol motifs (C(OH)–C–C–N with tert-alkyl or cyclic N) is 1. The highest BCUT2D eigenvalue weighted by Crippen LogP contribution is 2.17. The lowest BCUT2D eigenvalue weighted by Gasteiger charge is -2.40. The van der Waals surface area contributed by atoms with Gasteiger partial charge in [-0.2, -0.15) is 0 Å². The number of hydrogen-bond donors (Lipinski definition) is 1. The van der Waals surface area contributed by atoms with E-state index in [9.17, 15) is 9.90 Å². The molecule has 2 aliphatic heterocycles. The number of rotatable bonds is 2. The van der Waals surface area contributed by atoms with Crippen LogP contribution in [0.4, 0.5) is 0 Å². The molecule has 2 heterocycles. The third-order valence-electron chi connectivity index (χ3n) is 4.06. The van der Waals surface area contributed by atoms with E-state index in [1.54, 1.807) is 0 Å². The highest BCUT2D eigenvalue weighted by molar-refractivity contribution is 5.81. The fourth-order valence-electron chi connectivity index (χ4n) is 3.11. The molecule has 0 aromatic carbocycles. The minimum absolute atomic E-state index is 0.104. The molecule has 0 aromatic rings. The van der Waals surface area contributed by atoms with Crippen molar-refractivity contribution in [3.8, 4) is 0 Å². The van der Waals surface area contributed by atoms with Crippen LogP contribution in [-0.2, 0) is 9.53 Å². The summed E-state index contributed by atoms with van der Waals surface area (Å²) in [4.78, 5) is 16.5. The molecule has 4 atom stereocenters. The number of piperidine rings is 1. The third kappa shape index (κ3) is 3.68. The lowest BCUT2D eigenvalue weighted by atomic mass is 10.1. The molecule has 2 aliphatic rings. The normalized spacial score (nSPS) is 35.2. The number of carbonyl (C=O) groups excluding carboxylic acids is 1. The van der Waals surface area contributed by atoms with Gasteiger partial charge in [0, 0.05) is 19.6 Å². The number of ether oxygens (including phenoxy) is 1. The predicted molar refractivity (Wildman–Crippen MR) is 72.9 cm³/mol. The minimum Gasteiger partial charge on any atom is -0.392 e. The lowest BCUT2D eigenvalue weighted by Crippen LogP contribution is -2.56. The summed E-state index contributed by atoms with van der Waals surface area (Å²) in [6, 6.07) is -0.146. The van der Waals surface area contributed by atoms with Crippen LogP contribution in [0.1, 0.15) is 33.6 Å². The van der Waals surface area contributed by atoms with Gasteiger partial charge in [0.15, 0.2) is 0 Å². The van der Waals surface area contributed by atoms with Crippen molar-refractivity contribution < 1.29 is 14.6 Å². The van der Waals surface area contributed by atoms with Crippen LogP contribution >= 0.6 is 0 Å². The molecule has 2 rings (SSSR count). The van der Waals surface area contributed by atoms with Crippen molar-refractivity contribution in [2.75, 3.05) is 26.2 Å². The summed E-state index contributed by atoms with van der Waals surface area (Å²) in [7, 11) is 0. The van der Waals surface area contributed by atoms with Crippen molar-refractivity contribution in [2.24, 2.45) is 0 Å². The van der Waals surface area contributed by atoms with E-state index in [2.05, 4.69) is 4.90 Å². The van der Waals surface area contributed by atoms with Crippen LogP contribution in [0.25, 0.3) is 0 Å². The van der Waals surface area contributed by atoms with Gasteiger partial charge in [0.25, 0.3) is 0 Å². The van der Waals surface area contributed by atoms with Crippen LogP contribution in [0, 0.1) is 0 Å². The Kier molecular flexibility index (Phi) is 4.81. The average molecular weight is 270 g/mol. The average Bonchev–Trinajstić information content (AvgIpc) is 2.36. The first-order chi connectivity index (χ1) is 8.97. The van der Waals surface area contributed by atoms with Crippen molar-refractivity contribution in [1.82, 2.24) is 9.80 Å². The summed E-state index contributed by atoms with van der Waals surface area (Å²) in [5, 5.41) is 9.72. The van der Waals surface area contributed by atoms with Crippen molar-refractivity contribution in [1.29, 1.82) is 0 Å². The quantitative estimate of drug-likeness (QED) is 0.792. The Morgan fingerprint density at radius 1 is 1.26 bits per heavy atom. The molecule has 2 saturated heterocycles. The van der Waals surface area contributed by atoms with Gasteiger partial charge in [-0.05, 0) is 40.2 Å². The fraction of sp³-hybridized carbons (Fsp3) is 0.929. The number of aliphatic hydroxyl groups is 1. The molecule has 4 unspecified atom stereocenters. The number of likely N-dealkylation sites (tertiary alicyclic amines) is 1. The number of morpholine rings is 1. The van der Waals surface area contributed by atoms with Crippen molar-refractivity contribution >= 4 is 5.91 Å². The van der Waals surface area contributed by atoms with Gasteiger partial charge in [0.1, 0.15) is 0 Å². The summed E-state index contributed by atoms with van der Waals surface area (Å²) in [5.74, 6) is 0.163. The fourth-order valence-corrected chi connectivity index (χ4v) is 3.11. The summed E-state index contributed by atoms with van der Waals surface area (Å²) >= 11 is 0. The lowest BCUT2D eigenvalue weighted by molar-refractivity contribution is -0.149. The predicted octanol–water partition coefficient (Wildman–Crippen LogP) is 0.467. The van der Waals surface area contributed by atoms with E-state index >= 15 is 0 Å². The van der Waals surface area contributed by atoms with E-state index in [1.165, 1.54) is 0 Å². The SMILES string of the molecule is CC1CN(C(=O)C(C)N2CCCC(O)C2)CC(C)O1. The second-order valence-electron chi connectivity index (χ2n) is 5.97. The number of aliphatic hydroxyl groups excluding tert-OH is 1.